The van der Waals surface area contributed by atoms with Gasteiger partial charge in [-0.25, -0.2) is 0 Å². The number of hydrogen-bond donors (Lipinski definition) is 1. The van der Waals surface area contributed by atoms with Crippen LogP contribution in [0.4, 0.5) is 0 Å². The molecule has 0 heterocycles. The lowest BCUT2D eigenvalue weighted by Crippen LogP contribution is -2.32. The fraction of sp³-hybridized carbons (Fsp3) is 0.136. The highest BCUT2D eigenvalue weighted by Crippen LogP contribution is 2.40. The fourth-order valence-corrected chi connectivity index (χ4v) is 5.41. The summed E-state index contributed by atoms with van der Waals surface area (Å²) >= 11 is 0. The number of hydrogen-bond acceptors (Lipinski definition) is 3. The van der Waals surface area contributed by atoms with Gasteiger partial charge in [0.05, 0.1) is 7.11 Å². The smallest absolute Gasteiger partial charge is 0.318 e. The first-order valence-corrected chi connectivity index (χ1v) is 9.97. The molecule has 0 saturated carbocycles. The van der Waals surface area contributed by atoms with Crippen molar-refractivity contribution in [3.63, 3.8) is 0 Å². The van der Waals surface area contributed by atoms with E-state index in [2.05, 4.69) is 24.3 Å². The summed E-state index contributed by atoms with van der Waals surface area (Å²) in [6.45, 7) is 0.444. The van der Waals surface area contributed by atoms with Crippen LogP contribution in [0, 0.1) is 0 Å². The average Bonchev–Trinajstić information content (AvgIpc) is 2.70. The van der Waals surface area contributed by atoms with Crippen LogP contribution in [0.2, 0.25) is 0 Å². The molecule has 0 unspecified atom stereocenters. The highest BCUT2D eigenvalue weighted by Gasteiger charge is 2.25. The second-order valence-electron chi connectivity index (χ2n) is 6.01. The van der Waals surface area contributed by atoms with Crippen LogP contribution in [0.1, 0.15) is 5.56 Å². The van der Waals surface area contributed by atoms with E-state index < -0.39 is 14.0 Å². The van der Waals surface area contributed by atoms with E-state index in [1.165, 1.54) is 0 Å². The largest absolute Gasteiger partial charge is 0.496 e. The molecule has 3 aromatic rings. The van der Waals surface area contributed by atoms with Gasteiger partial charge in [0.2, 0.25) is 0 Å². The van der Waals surface area contributed by atoms with Crippen molar-refractivity contribution in [2.24, 2.45) is 0 Å². The van der Waals surface area contributed by atoms with Gasteiger partial charge in [0.25, 0.3) is 0 Å². The number of ether oxygens (including phenoxy) is 1. The molecule has 0 amide bonds. The summed E-state index contributed by atoms with van der Waals surface area (Å²) in [4.78, 5) is 11.7. The number of carboxylic acids is 1. The normalized spacial score (nSPS) is 10.9. The highest BCUT2D eigenvalue weighted by molar-refractivity contribution is 7.70. The average molecular weight is 379 g/mol. The summed E-state index contributed by atoms with van der Waals surface area (Å²) in [5, 5.41) is 11.8. The Hall–Kier alpha value is -2.68. The lowest BCUT2D eigenvalue weighted by atomic mass is 10.2. The maximum absolute atomic E-state index is 11.7. The molecule has 0 fully saturated rings. The first-order valence-electron chi connectivity index (χ1n) is 8.68. The van der Waals surface area contributed by atoms with E-state index >= 15 is 0 Å². The van der Waals surface area contributed by atoms with Gasteiger partial charge >= 0.3 is 5.97 Å². The third-order valence-electron chi connectivity index (χ3n) is 4.15. The van der Waals surface area contributed by atoms with Crippen molar-refractivity contribution in [2.75, 3.05) is 13.7 Å². The van der Waals surface area contributed by atoms with E-state index in [0.29, 0.717) is 6.54 Å². The van der Waals surface area contributed by atoms with Crippen molar-refractivity contribution < 1.29 is 14.6 Å². The van der Waals surface area contributed by atoms with Crippen LogP contribution in [0.3, 0.4) is 0 Å². The standard InChI is InChI=1S/C22H22NO3P/c1-26-21-15-9-8-10-18(21)16-23(17-22(24)25)27(19-11-4-2-5-12-19)20-13-6-3-7-14-20/h2-15H,16-17H2,1H3,(H,24,25). The van der Waals surface area contributed by atoms with Crippen LogP contribution >= 0.6 is 8.07 Å². The molecule has 1 N–H and O–H groups in total. The Kier molecular flexibility index (Phi) is 6.59. The van der Waals surface area contributed by atoms with Gasteiger partial charge in [-0.2, -0.15) is 0 Å². The molecule has 0 aliphatic carbocycles. The Morgan fingerprint density at radius 2 is 1.41 bits per heavy atom. The maximum Gasteiger partial charge on any atom is 0.318 e. The molecule has 0 aromatic heterocycles. The van der Waals surface area contributed by atoms with E-state index in [0.717, 1.165) is 21.9 Å². The van der Waals surface area contributed by atoms with Gasteiger partial charge in [-0.05, 0) is 16.7 Å². The minimum absolute atomic E-state index is 0.0481. The second-order valence-corrected chi connectivity index (χ2v) is 8.23. The Labute approximate surface area is 160 Å². The van der Waals surface area contributed by atoms with Crippen LogP contribution in [-0.2, 0) is 11.3 Å². The molecular weight excluding hydrogens is 357 g/mol. The molecule has 3 rings (SSSR count). The zero-order valence-corrected chi connectivity index (χ0v) is 16.0. The Morgan fingerprint density at radius 3 is 1.93 bits per heavy atom. The number of carbonyl (C=O) groups is 1. The summed E-state index contributed by atoms with van der Waals surface area (Å²) < 4.78 is 7.50. The number of aliphatic carboxylic acids is 1. The van der Waals surface area contributed by atoms with Gasteiger partial charge in [0.1, 0.15) is 12.3 Å². The molecule has 5 heteroatoms. The number of benzene rings is 3. The van der Waals surface area contributed by atoms with Crippen molar-refractivity contribution in [3.05, 3.63) is 90.5 Å². The predicted molar refractivity (Wildman–Crippen MR) is 110 cm³/mol. The maximum atomic E-state index is 11.7. The van der Waals surface area contributed by atoms with Crippen LogP contribution in [0.15, 0.2) is 84.9 Å². The number of methoxy groups -OCH3 is 1. The second kappa shape index (κ2) is 9.31. The zero-order valence-electron chi connectivity index (χ0n) is 15.2. The van der Waals surface area contributed by atoms with E-state index in [-0.39, 0.29) is 6.54 Å². The summed E-state index contributed by atoms with van der Waals surface area (Å²) in [6.07, 6.45) is 0. The molecular formula is C22H22NO3P. The number of rotatable bonds is 8. The topological polar surface area (TPSA) is 49.8 Å². The summed E-state index contributed by atoms with van der Waals surface area (Å²) in [6, 6.07) is 27.9. The van der Waals surface area contributed by atoms with Gasteiger partial charge < -0.3 is 9.84 Å². The molecule has 3 aromatic carbocycles. The molecule has 0 saturated heterocycles. The van der Waals surface area contributed by atoms with Crippen LogP contribution in [0.25, 0.3) is 0 Å². The van der Waals surface area contributed by atoms with Gasteiger partial charge in [-0.1, -0.05) is 78.9 Å². The molecule has 0 aliphatic rings. The first-order chi connectivity index (χ1) is 13.2. The van der Waals surface area contributed by atoms with E-state index in [9.17, 15) is 9.90 Å². The van der Waals surface area contributed by atoms with Crippen molar-refractivity contribution in [1.82, 2.24) is 4.67 Å². The summed E-state index contributed by atoms with van der Waals surface area (Å²) in [5.41, 5.74) is 0.973. The zero-order chi connectivity index (χ0) is 19.1. The molecule has 138 valence electrons. The molecule has 0 bridgehead atoms. The van der Waals surface area contributed by atoms with Gasteiger partial charge in [0, 0.05) is 20.2 Å². The highest BCUT2D eigenvalue weighted by atomic mass is 31.1. The molecule has 0 atom stereocenters. The van der Waals surface area contributed by atoms with Gasteiger partial charge in [-0.15, -0.1) is 0 Å². The number of carboxylic acid groups (broad SMARTS) is 1. The molecule has 27 heavy (non-hydrogen) atoms. The van der Waals surface area contributed by atoms with Crippen LogP contribution in [-0.4, -0.2) is 29.4 Å². The number of nitrogens with zero attached hydrogens (tertiary/aromatic N) is 1. The Morgan fingerprint density at radius 1 is 0.889 bits per heavy atom. The van der Waals surface area contributed by atoms with Crippen molar-refractivity contribution in [3.8, 4) is 5.75 Å². The third-order valence-corrected chi connectivity index (χ3v) is 6.57. The monoisotopic (exact) mass is 379 g/mol. The van der Waals surface area contributed by atoms with Gasteiger partial charge in [0.15, 0.2) is 0 Å². The van der Waals surface area contributed by atoms with Gasteiger partial charge in [-0.3, -0.25) is 9.46 Å². The van der Waals surface area contributed by atoms with E-state index in [4.69, 9.17) is 4.74 Å². The predicted octanol–water partition coefficient (Wildman–Crippen LogP) is 3.63. The fourth-order valence-electron chi connectivity index (χ4n) is 3.00. The Bertz CT molecular complexity index is 831. The minimum Gasteiger partial charge on any atom is -0.496 e. The lowest BCUT2D eigenvalue weighted by Gasteiger charge is -2.31. The Balaban J connectivity index is 2.04. The summed E-state index contributed by atoms with van der Waals surface area (Å²) in [5.74, 6) is -0.0757. The van der Waals surface area contributed by atoms with Crippen molar-refractivity contribution in [2.45, 2.75) is 6.54 Å². The molecule has 4 nitrogen and oxygen atoms in total. The SMILES string of the molecule is COc1ccccc1CN(CC(=O)O)P(c1ccccc1)c1ccccc1. The molecule has 0 spiro atoms. The third kappa shape index (κ3) is 4.94. The quantitative estimate of drug-likeness (QED) is 0.608. The van der Waals surface area contributed by atoms with Crippen LogP contribution < -0.4 is 15.3 Å². The van der Waals surface area contributed by atoms with Crippen molar-refractivity contribution in [1.29, 1.82) is 0 Å². The van der Waals surface area contributed by atoms with E-state index in [1.807, 2.05) is 65.3 Å². The first kappa shape index (κ1) is 19.1. The van der Waals surface area contributed by atoms with E-state index in [1.54, 1.807) is 7.11 Å². The van der Waals surface area contributed by atoms with Crippen molar-refractivity contribution >= 4 is 24.7 Å². The molecule has 0 radical (unpaired) electrons. The lowest BCUT2D eigenvalue weighted by molar-refractivity contribution is -0.137. The van der Waals surface area contributed by atoms with Crippen LogP contribution in [0.5, 0.6) is 5.75 Å². The summed E-state index contributed by atoms with van der Waals surface area (Å²) in [7, 11) is 0.646. The minimum atomic E-state index is -0.991. The number of para-hydroxylation sites is 1. The molecule has 0 aliphatic heterocycles.